The van der Waals surface area contributed by atoms with Crippen LogP contribution in [-0.2, 0) is 0 Å². The minimum Gasteiger partial charge on any atom is -0.437 e. The van der Waals surface area contributed by atoms with Gasteiger partial charge < -0.3 is 10.1 Å². The van der Waals surface area contributed by atoms with Crippen LogP contribution in [0, 0.1) is 11.3 Å². The number of nitrogens with one attached hydrogen (secondary N) is 2. The summed E-state index contributed by atoms with van der Waals surface area (Å²) in [7, 11) is 0. The van der Waals surface area contributed by atoms with Crippen molar-refractivity contribution in [1.82, 2.24) is 10.3 Å². The van der Waals surface area contributed by atoms with Crippen LogP contribution in [0.15, 0.2) is 63.7 Å². The summed E-state index contributed by atoms with van der Waals surface area (Å²) >= 11 is 12.7. The number of hydrogen-bond acceptors (Lipinski definition) is 5. The van der Waals surface area contributed by atoms with E-state index in [2.05, 4.69) is 47.5 Å². The molecule has 2 aromatic carbocycles. The molecule has 7 nitrogen and oxygen atoms in total. The van der Waals surface area contributed by atoms with E-state index >= 15 is 0 Å². The Morgan fingerprint density at radius 1 is 1.10 bits per heavy atom. The average molecular weight is 551 g/mol. The fourth-order valence-corrected chi connectivity index (χ4v) is 3.89. The lowest BCUT2D eigenvalue weighted by Crippen LogP contribution is -2.34. The largest absolute Gasteiger partial charge is 0.437 e. The monoisotopic (exact) mass is 548 g/mol. The smallest absolute Gasteiger partial charge is 0.326 e. The zero-order valence-corrected chi connectivity index (χ0v) is 18.9. The topological polar surface area (TPSA) is 104 Å². The standard InChI is InChI=1S/C20H11Br2ClN4O3/c21-14-7-12(26-20(29)27-19(28)13-3-1-2-4-16(13)23)8-15(22)18(14)30-17-6-5-11(9-24)10-25-17/h1-8,10H,(H2,26,27,28,29). The van der Waals surface area contributed by atoms with Crippen molar-refractivity contribution in [2.24, 2.45) is 0 Å². The van der Waals surface area contributed by atoms with Crippen LogP contribution in [0.25, 0.3) is 0 Å². The summed E-state index contributed by atoms with van der Waals surface area (Å²) in [4.78, 5) is 28.4. The van der Waals surface area contributed by atoms with Crippen molar-refractivity contribution in [2.45, 2.75) is 0 Å². The molecular weight excluding hydrogens is 540 g/mol. The molecule has 0 spiro atoms. The molecule has 0 aliphatic carbocycles. The van der Waals surface area contributed by atoms with Gasteiger partial charge >= 0.3 is 6.03 Å². The van der Waals surface area contributed by atoms with Crippen molar-refractivity contribution in [3.63, 3.8) is 0 Å². The van der Waals surface area contributed by atoms with Gasteiger partial charge in [-0.15, -0.1) is 0 Å². The highest BCUT2D eigenvalue weighted by atomic mass is 79.9. The Morgan fingerprint density at radius 3 is 2.40 bits per heavy atom. The van der Waals surface area contributed by atoms with Crippen LogP contribution in [0.4, 0.5) is 10.5 Å². The van der Waals surface area contributed by atoms with Crippen LogP contribution in [0.5, 0.6) is 11.6 Å². The van der Waals surface area contributed by atoms with E-state index in [0.29, 0.717) is 31.8 Å². The van der Waals surface area contributed by atoms with Crippen molar-refractivity contribution < 1.29 is 14.3 Å². The second-order valence-electron chi connectivity index (χ2n) is 5.76. The summed E-state index contributed by atoms with van der Waals surface area (Å²) in [6, 6.07) is 14.0. The van der Waals surface area contributed by atoms with Crippen molar-refractivity contribution in [2.75, 3.05) is 5.32 Å². The minimum atomic E-state index is -0.721. The fraction of sp³-hybridized carbons (Fsp3) is 0. The zero-order chi connectivity index (χ0) is 21.7. The third-order valence-electron chi connectivity index (χ3n) is 3.67. The number of ether oxygens (including phenoxy) is 1. The van der Waals surface area contributed by atoms with E-state index in [1.165, 1.54) is 12.3 Å². The van der Waals surface area contributed by atoms with Crippen LogP contribution >= 0.6 is 43.5 Å². The molecule has 1 aromatic heterocycles. The molecule has 3 amide bonds. The van der Waals surface area contributed by atoms with Gasteiger partial charge in [0.1, 0.15) is 6.07 Å². The molecule has 0 aliphatic heterocycles. The van der Waals surface area contributed by atoms with Gasteiger partial charge in [0.25, 0.3) is 5.91 Å². The Bertz CT molecular complexity index is 1140. The molecule has 3 aromatic rings. The summed E-state index contributed by atoms with van der Waals surface area (Å²) in [5, 5.41) is 13.9. The van der Waals surface area contributed by atoms with Gasteiger partial charge in [-0.1, -0.05) is 23.7 Å². The first kappa shape index (κ1) is 21.8. The summed E-state index contributed by atoms with van der Waals surface area (Å²) < 4.78 is 6.77. The van der Waals surface area contributed by atoms with Crippen LogP contribution in [-0.4, -0.2) is 16.9 Å². The van der Waals surface area contributed by atoms with E-state index in [9.17, 15) is 9.59 Å². The Labute approximate surface area is 193 Å². The second kappa shape index (κ2) is 9.71. The predicted molar refractivity (Wildman–Crippen MR) is 119 cm³/mol. The third kappa shape index (κ3) is 5.36. The molecule has 30 heavy (non-hydrogen) atoms. The predicted octanol–water partition coefficient (Wildman–Crippen LogP) is 5.89. The number of carbonyl (C=O) groups excluding carboxylic acids is 2. The lowest BCUT2D eigenvalue weighted by Gasteiger charge is -2.12. The van der Waals surface area contributed by atoms with E-state index in [1.54, 1.807) is 42.5 Å². The van der Waals surface area contributed by atoms with E-state index in [0.717, 1.165) is 0 Å². The highest BCUT2D eigenvalue weighted by molar-refractivity contribution is 9.11. The lowest BCUT2D eigenvalue weighted by atomic mass is 10.2. The Hall–Kier alpha value is -2.93. The molecule has 0 atom stereocenters. The Morgan fingerprint density at radius 2 is 1.80 bits per heavy atom. The number of amides is 3. The molecule has 0 radical (unpaired) electrons. The number of aromatic nitrogens is 1. The highest BCUT2D eigenvalue weighted by Gasteiger charge is 2.15. The molecule has 150 valence electrons. The molecule has 0 saturated carbocycles. The number of carbonyl (C=O) groups is 2. The number of imide groups is 1. The van der Waals surface area contributed by atoms with E-state index in [1.807, 2.05) is 6.07 Å². The maximum atomic E-state index is 12.2. The van der Waals surface area contributed by atoms with E-state index in [-0.39, 0.29) is 10.6 Å². The van der Waals surface area contributed by atoms with Gasteiger partial charge in [-0.2, -0.15) is 5.26 Å². The Kier molecular flexibility index (Phi) is 7.05. The first-order chi connectivity index (χ1) is 14.4. The van der Waals surface area contributed by atoms with Gasteiger partial charge in [0, 0.05) is 18.0 Å². The minimum absolute atomic E-state index is 0.190. The van der Waals surface area contributed by atoms with Crippen LogP contribution in [0.1, 0.15) is 15.9 Å². The molecule has 3 rings (SSSR count). The average Bonchev–Trinajstić information content (AvgIpc) is 2.71. The number of hydrogen-bond donors (Lipinski definition) is 2. The normalized spacial score (nSPS) is 10.1. The van der Waals surface area contributed by atoms with Crippen molar-refractivity contribution in [3.05, 3.63) is 79.8 Å². The summed E-state index contributed by atoms with van der Waals surface area (Å²) in [6.45, 7) is 0. The van der Waals surface area contributed by atoms with Crippen molar-refractivity contribution in [1.29, 1.82) is 5.26 Å². The highest BCUT2D eigenvalue weighted by Crippen LogP contribution is 2.38. The molecule has 0 saturated heterocycles. The summed E-state index contributed by atoms with van der Waals surface area (Å²) in [5.41, 5.74) is 1.01. The van der Waals surface area contributed by atoms with Crippen LogP contribution in [0.2, 0.25) is 5.02 Å². The number of nitrogens with zero attached hydrogens (tertiary/aromatic N) is 2. The van der Waals surface area contributed by atoms with Gasteiger partial charge in [-0.25, -0.2) is 9.78 Å². The molecule has 0 aliphatic rings. The van der Waals surface area contributed by atoms with Crippen LogP contribution in [0.3, 0.4) is 0 Å². The third-order valence-corrected chi connectivity index (χ3v) is 5.18. The van der Waals surface area contributed by atoms with Crippen LogP contribution < -0.4 is 15.4 Å². The number of benzene rings is 2. The van der Waals surface area contributed by atoms with E-state index in [4.69, 9.17) is 21.6 Å². The van der Waals surface area contributed by atoms with Gasteiger partial charge in [0.15, 0.2) is 5.75 Å². The molecule has 10 heteroatoms. The summed E-state index contributed by atoms with van der Waals surface area (Å²) in [6.07, 6.45) is 1.40. The quantitative estimate of drug-likeness (QED) is 0.422. The van der Waals surface area contributed by atoms with Crippen molar-refractivity contribution >= 4 is 61.1 Å². The summed E-state index contributed by atoms with van der Waals surface area (Å²) in [5.74, 6) is 0.0903. The maximum Gasteiger partial charge on any atom is 0.326 e. The molecule has 0 fully saturated rings. The van der Waals surface area contributed by atoms with Crippen molar-refractivity contribution in [3.8, 4) is 17.7 Å². The first-order valence-electron chi connectivity index (χ1n) is 8.27. The van der Waals surface area contributed by atoms with Gasteiger partial charge in [-0.3, -0.25) is 10.1 Å². The maximum absolute atomic E-state index is 12.2. The number of halogens is 3. The SMILES string of the molecule is N#Cc1ccc(Oc2c(Br)cc(NC(=O)NC(=O)c3ccccc3Cl)cc2Br)nc1. The van der Waals surface area contributed by atoms with Gasteiger partial charge in [0.2, 0.25) is 5.88 Å². The molecule has 2 N–H and O–H groups in total. The number of anilines is 1. The Balaban J connectivity index is 1.70. The van der Waals surface area contributed by atoms with Gasteiger partial charge in [0.05, 0.1) is 25.1 Å². The van der Waals surface area contributed by atoms with Gasteiger partial charge in [-0.05, 0) is 62.2 Å². The number of urea groups is 1. The zero-order valence-electron chi connectivity index (χ0n) is 14.9. The number of pyridine rings is 1. The number of rotatable bonds is 4. The lowest BCUT2D eigenvalue weighted by molar-refractivity contribution is 0.0967. The fourth-order valence-electron chi connectivity index (χ4n) is 2.32. The first-order valence-corrected chi connectivity index (χ1v) is 10.2. The van der Waals surface area contributed by atoms with E-state index < -0.39 is 11.9 Å². The molecule has 0 bridgehead atoms. The molecule has 0 unspecified atom stereocenters. The molecule has 1 heterocycles. The number of nitriles is 1. The second-order valence-corrected chi connectivity index (χ2v) is 7.87. The molecular formula is C20H11Br2ClN4O3.